The lowest BCUT2D eigenvalue weighted by Crippen LogP contribution is -2.21. The lowest BCUT2D eigenvalue weighted by Gasteiger charge is -2.22. The molecule has 10 heteroatoms. The molecule has 0 aliphatic carbocycles. The Labute approximate surface area is 163 Å². The fourth-order valence-corrected chi connectivity index (χ4v) is 4.42. The zero-order valence-electron chi connectivity index (χ0n) is 15.3. The molecule has 0 amide bonds. The van der Waals surface area contributed by atoms with E-state index in [1.807, 2.05) is 26.0 Å². The van der Waals surface area contributed by atoms with Gasteiger partial charge in [-0.1, -0.05) is 13.0 Å². The summed E-state index contributed by atoms with van der Waals surface area (Å²) in [4.78, 5) is 24.4. The number of ether oxygens (including phenoxy) is 1. The molecule has 0 aromatic carbocycles. The first-order valence-corrected chi connectivity index (χ1v) is 10.7. The first-order valence-electron chi connectivity index (χ1n) is 8.84. The summed E-state index contributed by atoms with van der Waals surface area (Å²) in [6.07, 6.45) is 7.18. The van der Waals surface area contributed by atoms with Crippen LogP contribution in [0.4, 0.5) is 0 Å². The second-order valence-electron chi connectivity index (χ2n) is 6.39. The number of nitrogens with zero attached hydrogens (tertiary/aromatic N) is 1. The van der Waals surface area contributed by atoms with Crippen LogP contribution in [0.15, 0.2) is 40.5 Å². The predicted molar refractivity (Wildman–Crippen MR) is 103 cm³/mol. The van der Waals surface area contributed by atoms with Crippen LogP contribution in [0.1, 0.15) is 39.3 Å². The molecule has 27 heavy (non-hydrogen) atoms. The highest BCUT2D eigenvalue weighted by Gasteiger charge is 2.50. The SMILES string of the molecule is CC/C=C\C1=C(C)CO[P+](O)(OCC2CCC(n3ccc(=O)[nH]c3=S)O2)O1. The molecule has 0 saturated carbocycles. The van der Waals surface area contributed by atoms with Crippen LogP contribution in [-0.2, 0) is 18.3 Å². The molecule has 3 heterocycles. The van der Waals surface area contributed by atoms with E-state index < -0.39 is 8.17 Å². The Morgan fingerprint density at radius 2 is 2.33 bits per heavy atom. The van der Waals surface area contributed by atoms with E-state index in [0.29, 0.717) is 10.5 Å². The van der Waals surface area contributed by atoms with E-state index in [9.17, 15) is 9.69 Å². The summed E-state index contributed by atoms with van der Waals surface area (Å²) >= 11 is 5.17. The van der Waals surface area contributed by atoms with Crippen molar-refractivity contribution in [2.45, 2.75) is 45.4 Å². The second kappa shape index (κ2) is 8.77. The number of rotatable bonds is 6. The third-order valence-electron chi connectivity index (χ3n) is 4.25. The molecule has 0 spiro atoms. The maximum absolute atomic E-state index is 11.3. The third kappa shape index (κ3) is 5.13. The van der Waals surface area contributed by atoms with Gasteiger partial charge in [0, 0.05) is 17.8 Å². The zero-order valence-corrected chi connectivity index (χ0v) is 17.0. The Balaban J connectivity index is 1.57. The number of hydrogen-bond donors (Lipinski definition) is 2. The minimum atomic E-state index is -3.42. The number of aromatic nitrogens is 2. The molecular weight excluding hydrogens is 391 g/mol. The largest absolute Gasteiger partial charge is 0.619 e. The molecular formula is C17H24N2O6PS+. The number of aromatic amines is 1. The molecule has 1 aromatic rings. The van der Waals surface area contributed by atoms with Crippen LogP contribution in [0.25, 0.3) is 0 Å². The summed E-state index contributed by atoms with van der Waals surface area (Å²) in [6, 6.07) is 1.40. The molecule has 0 radical (unpaired) electrons. The van der Waals surface area contributed by atoms with Gasteiger partial charge in [-0.25, -0.2) is 0 Å². The van der Waals surface area contributed by atoms with Crippen molar-refractivity contribution in [2.75, 3.05) is 13.2 Å². The van der Waals surface area contributed by atoms with Gasteiger partial charge < -0.3 is 4.74 Å². The van der Waals surface area contributed by atoms with E-state index in [4.69, 9.17) is 30.5 Å². The first-order chi connectivity index (χ1) is 12.9. The molecule has 0 bridgehead atoms. The second-order valence-corrected chi connectivity index (χ2v) is 8.41. The van der Waals surface area contributed by atoms with Crippen LogP contribution >= 0.6 is 20.4 Å². The summed E-state index contributed by atoms with van der Waals surface area (Å²) < 4.78 is 24.5. The topological polar surface area (TPSA) is 94.9 Å². The van der Waals surface area contributed by atoms with Crippen molar-refractivity contribution < 1.29 is 23.2 Å². The van der Waals surface area contributed by atoms with Crippen LogP contribution < -0.4 is 5.56 Å². The monoisotopic (exact) mass is 415 g/mol. The van der Waals surface area contributed by atoms with Gasteiger partial charge in [0.1, 0.15) is 19.4 Å². The van der Waals surface area contributed by atoms with Gasteiger partial charge in [0.15, 0.2) is 10.5 Å². The summed E-state index contributed by atoms with van der Waals surface area (Å²) in [5.74, 6) is 0.587. The van der Waals surface area contributed by atoms with Crippen molar-refractivity contribution in [1.29, 1.82) is 0 Å². The number of nitrogens with one attached hydrogen (secondary N) is 1. The maximum atomic E-state index is 11.3. The van der Waals surface area contributed by atoms with Crippen molar-refractivity contribution in [1.82, 2.24) is 9.55 Å². The Morgan fingerprint density at radius 1 is 1.52 bits per heavy atom. The molecule has 3 rings (SSSR count). The molecule has 8 nitrogen and oxygen atoms in total. The normalized spacial score (nSPS) is 28.7. The summed E-state index contributed by atoms with van der Waals surface area (Å²) in [5, 5.41) is 0. The lowest BCUT2D eigenvalue weighted by molar-refractivity contribution is -0.0302. The summed E-state index contributed by atoms with van der Waals surface area (Å²) in [7, 11) is -3.42. The van der Waals surface area contributed by atoms with Crippen molar-refractivity contribution in [2.24, 2.45) is 0 Å². The Kier molecular flexibility index (Phi) is 6.62. The number of H-pyrrole nitrogens is 1. The zero-order chi connectivity index (χ0) is 19.4. The van der Waals surface area contributed by atoms with Crippen molar-refractivity contribution in [3.8, 4) is 0 Å². The van der Waals surface area contributed by atoms with Gasteiger partial charge in [0.2, 0.25) is 0 Å². The van der Waals surface area contributed by atoms with Gasteiger partial charge in [-0.2, -0.15) is 4.89 Å². The Hall–Kier alpha value is -1.35. The predicted octanol–water partition coefficient (Wildman–Crippen LogP) is 3.56. The van der Waals surface area contributed by atoms with E-state index in [1.54, 1.807) is 10.8 Å². The van der Waals surface area contributed by atoms with Crippen molar-refractivity contribution >= 4 is 20.4 Å². The van der Waals surface area contributed by atoms with E-state index in [1.165, 1.54) is 6.07 Å². The third-order valence-corrected chi connectivity index (χ3v) is 5.92. The summed E-state index contributed by atoms with van der Waals surface area (Å²) in [6.45, 7) is 4.30. The van der Waals surface area contributed by atoms with Gasteiger partial charge in [-0.15, -0.1) is 9.05 Å². The van der Waals surface area contributed by atoms with E-state index in [-0.39, 0.29) is 31.1 Å². The number of allylic oxidation sites excluding steroid dienone is 2. The molecule has 1 aromatic heterocycles. The standard InChI is InChI=1S/C17H23N2O6PS/c1-3-4-5-14-12(2)10-22-26(21,25-14)23-11-13-6-7-16(24-13)19-9-8-15(20)18-17(19)27/h4-5,8-9,13,16,21H,3,6-7,10-11H2,1-2H3/p+1/b5-4-. The fraction of sp³-hybridized carbons (Fsp3) is 0.529. The van der Waals surface area contributed by atoms with Crippen LogP contribution in [0, 0.1) is 4.77 Å². The maximum Gasteiger partial charge on any atom is 0.619 e. The Morgan fingerprint density at radius 3 is 3.07 bits per heavy atom. The molecule has 2 N–H and O–H groups in total. The van der Waals surface area contributed by atoms with Gasteiger partial charge in [-0.3, -0.25) is 18.9 Å². The fourth-order valence-electron chi connectivity index (χ4n) is 2.78. The smallest absolute Gasteiger partial charge is 0.352 e. The average Bonchev–Trinajstić information content (AvgIpc) is 3.10. The average molecular weight is 415 g/mol. The van der Waals surface area contributed by atoms with Crippen LogP contribution in [0.2, 0.25) is 0 Å². The van der Waals surface area contributed by atoms with E-state index >= 15 is 0 Å². The van der Waals surface area contributed by atoms with Crippen LogP contribution in [0.3, 0.4) is 0 Å². The molecule has 148 valence electrons. The van der Waals surface area contributed by atoms with Crippen LogP contribution in [0.5, 0.6) is 0 Å². The van der Waals surface area contributed by atoms with Gasteiger partial charge in [-0.05, 0) is 44.5 Å². The molecule has 3 unspecified atom stereocenters. The van der Waals surface area contributed by atoms with Crippen molar-refractivity contribution in [3.63, 3.8) is 0 Å². The first kappa shape index (κ1) is 20.4. The molecule has 2 aliphatic heterocycles. The van der Waals surface area contributed by atoms with Gasteiger partial charge in [0.05, 0.1) is 6.10 Å². The molecule has 1 saturated heterocycles. The quantitative estimate of drug-likeness (QED) is 0.542. The van der Waals surface area contributed by atoms with E-state index in [2.05, 4.69) is 4.98 Å². The Bertz CT molecular complexity index is 850. The minimum Gasteiger partial charge on any atom is -0.352 e. The highest BCUT2D eigenvalue weighted by molar-refractivity contribution is 7.71. The van der Waals surface area contributed by atoms with Gasteiger partial charge >= 0.3 is 8.17 Å². The van der Waals surface area contributed by atoms with Crippen LogP contribution in [-0.4, -0.2) is 33.8 Å². The highest BCUT2D eigenvalue weighted by Crippen LogP contribution is 2.62. The summed E-state index contributed by atoms with van der Waals surface area (Å²) in [5.41, 5.74) is 0.654. The number of hydrogen-bond acceptors (Lipinski definition) is 7. The highest BCUT2D eigenvalue weighted by atomic mass is 32.1. The van der Waals surface area contributed by atoms with Gasteiger partial charge in [0.25, 0.3) is 5.56 Å². The molecule has 1 fully saturated rings. The minimum absolute atomic E-state index is 0.140. The van der Waals surface area contributed by atoms with E-state index in [0.717, 1.165) is 24.8 Å². The molecule has 2 aliphatic rings. The lowest BCUT2D eigenvalue weighted by atomic mass is 10.2. The van der Waals surface area contributed by atoms with Crippen molar-refractivity contribution in [3.05, 3.63) is 50.9 Å². The molecule has 3 atom stereocenters.